The highest BCUT2D eigenvalue weighted by Crippen LogP contribution is 2.21. The van der Waals surface area contributed by atoms with E-state index >= 15 is 0 Å². The van der Waals surface area contributed by atoms with Crippen LogP contribution in [0.3, 0.4) is 0 Å². The van der Waals surface area contributed by atoms with E-state index in [0.29, 0.717) is 6.54 Å². The van der Waals surface area contributed by atoms with Gasteiger partial charge in [-0.15, -0.1) is 0 Å². The lowest BCUT2D eigenvalue weighted by molar-refractivity contribution is -0.122. The second-order valence-electron chi connectivity index (χ2n) is 5.92. The molecular formula is C18H21FN2O3S. The van der Waals surface area contributed by atoms with Crippen LogP contribution in [-0.2, 0) is 21.4 Å². The van der Waals surface area contributed by atoms with E-state index in [1.807, 2.05) is 31.2 Å². The molecule has 0 aliphatic carbocycles. The SMILES string of the molecule is Cc1cccc(CNC(=O)[C@H](C)N(c2ccc(F)cc2)S(C)(=O)=O)c1. The Morgan fingerprint density at radius 3 is 2.40 bits per heavy atom. The molecule has 0 bridgehead atoms. The first kappa shape index (κ1) is 18.9. The minimum atomic E-state index is -3.71. The van der Waals surface area contributed by atoms with Crippen LogP contribution in [0, 0.1) is 12.7 Å². The fourth-order valence-corrected chi connectivity index (χ4v) is 3.73. The van der Waals surface area contributed by atoms with Gasteiger partial charge in [-0.25, -0.2) is 12.8 Å². The Morgan fingerprint density at radius 2 is 1.84 bits per heavy atom. The third kappa shape index (κ3) is 5.03. The molecule has 7 heteroatoms. The summed E-state index contributed by atoms with van der Waals surface area (Å²) in [4.78, 5) is 12.4. The average Bonchev–Trinajstić information content (AvgIpc) is 2.53. The van der Waals surface area contributed by atoms with Gasteiger partial charge in [-0.3, -0.25) is 9.10 Å². The van der Waals surface area contributed by atoms with Crippen LogP contribution in [0.5, 0.6) is 0 Å². The molecule has 0 spiro atoms. The van der Waals surface area contributed by atoms with E-state index in [9.17, 15) is 17.6 Å². The Balaban J connectivity index is 2.17. The van der Waals surface area contributed by atoms with Gasteiger partial charge in [0.1, 0.15) is 11.9 Å². The maximum atomic E-state index is 13.1. The first-order valence-corrected chi connectivity index (χ1v) is 9.61. The van der Waals surface area contributed by atoms with Crippen molar-refractivity contribution < 1.29 is 17.6 Å². The minimum Gasteiger partial charge on any atom is -0.350 e. The highest BCUT2D eigenvalue weighted by atomic mass is 32.2. The Labute approximate surface area is 147 Å². The van der Waals surface area contributed by atoms with Gasteiger partial charge in [0.2, 0.25) is 15.9 Å². The van der Waals surface area contributed by atoms with E-state index in [1.54, 1.807) is 0 Å². The van der Waals surface area contributed by atoms with Crippen molar-refractivity contribution in [3.05, 3.63) is 65.5 Å². The van der Waals surface area contributed by atoms with Crippen molar-refractivity contribution in [1.29, 1.82) is 0 Å². The Morgan fingerprint density at radius 1 is 1.20 bits per heavy atom. The molecule has 0 radical (unpaired) electrons. The molecule has 0 heterocycles. The molecule has 2 rings (SSSR count). The molecule has 25 heavy (non-hydrogen) atoms. The van der Waals surface area contributed by atoms with Crippen LogP contribution in [0.1, 0.15) is 18.1 Å². The highest BCUT2D eigenvalue weighted by molar-refractivity contribution is 7.92. The maximum absolute atomic E-state index is 13.1. The number of amides is 1. The third-order valence-corrected chi connectivity index (χ3v) is 4.96. The Hall–Kier alpha value is -2.41. The Kier molecular flexibility index (Phi) is 5.79. The number of hydrogen-bond acceptors (Lipinski definition) is 3. The van der Waals surface area contributed by atoms with Crippen LogP contribution in [0.4, 0.5) is 10.1 Å². The predicted octanol–water partition coefficient (Wildman–Crippen LogP) is 2.61. The summed E-state index contributed by atoms with van der Waals surface area (Å²) in [6.45, 7) is 3.75. The largest absolute Gasteiger partial charge is 0.350 e. The van der Waals surface area contributed by atoms with Gasteiger partial charge >= 0.3 is 0 Å². The predicted molar refractivity (Wildman–Crippen MR) is 96.2 cm³/mol. The lowest BCUT2D eigenvalue weighted by atomic mass is 10.1. The molecule has 0 aliphatic heterocycles. The van der Waals surface area contributed by atoms with E-state index in [0.717, 1.165) is 33.8 Å². The molecule has 0 aliphatic rings. The number of benzene rings is 2. The molecule has 1 atom stereocenters. The lowest BCUT2D eigenvalue weighted by Gasteiger charge is -2.28. The molecule has 0 fully saturated rings. The first-order valence-electron chi connectivity index (χ1n) is 7.76. The van der Waals surface area contributed by atoms with Crippen molar-refractivity contribution in [2.24, 2.45) is 0 Å². The number of carbonyl (C=O) groups excluding carboxylic acids is 1. The summed E-state index contributed by atoms with van der Waals surface area (Å²) < 4.78 is 38.4. The second kappa shape index (κ2) is 7.65. The molecule has 2 aromatic rings. The van der Waals surface area contributed by atoms with Gasteiger partial charge in [0.05, 0.1) is 11.9 Å². The minimum absolute atomic E-state index is 0.238. The van der Waals surface area contributed by atoms with Crippen LogP contribution in [0.2, 0.25) is 0 Å². The van der Waals surface area contributed by atoms with Gasteiger partial charge < -0.3 is 5.32 Å². The zero-order valence-corrected chi connectivity index (χ0v) is 15.2. The number of nitrogens with zero attached hydrogens (tertiary/aromatic N) is 1. The van der Waals surface area contributed by atoms with E-state index in [2.05, 4.69) is 5.32 Å². The molecule has 2 aromatic carbocycles. The summed E-state index contributed by atoms with van der Waals surface area (Å²) in [5.41, 5.74) is 2.24. The van der Waals surface area contributed by atoms with E-state index in [-0.39, 0.29) is 5.69 Å². The van der Waals surface area contributed by atoms with E-state index in [4.69, 9.17) is 0 Å². The second-order valence-corrected chi connectivity index (χ2v) is 7.78. The normalized spacial score (nSPS) is 12.5. The van der Waals surface area contributed by atoms with Crippen molar-refractivity contribution in [3.8, 4) is 0 Å². The number of halogens is 1. The molecule has 0 saturated carbocycles. The highest BCUT2D eigenvalue weighted by Gasteiger charge is 2.28. The van der Waals surface area contributed by atoms with Gasteiger partial charge in [0, 0.05) is 6.54 Å². The number of aryl methyl sites for hydroxylation is 1. The summed E-state index contributed by atoms with van der Waals surface area (Å²) in [6.07, 6.45) is 1.01. The van der Waals surface area contributed by atoms with E-state index < -0.39 is 27.8 Å². The standard InChI is InChI=1S/C18H21FN2O3S/c1-13-5-4-6-15(11-13)12-20-18(22)14(2)21(25(3,23)24)17-9-7-16(19)8-10-17/h4-11,14H,12H2,1-3H3,(H,20,22)/t14-/m0/s1. The molecule has 1 amide bonds. The van der Waals surface area contributed by atoms with Crippen LogP contribution in [-0.4, -0.2) is 26.6 Å². The van der Waals surface area contributed by atoms with Crippen LogP contribution >= 0.6 is 0 Å². The van der Waals surface area contributed by atoms with Crippen molar-refractivity contribution in [2.45, 2.75) is 26.4 Å². The summed E-state index contributed by atoms with van der Waals surface area (Å²) >= 11 is 0. The fraction of sp³-hybridized carbons (Fsp3) is 0.278. The van der Waals surface area contributed by atoms with Gasteiger partial charge in [-0.05, 0) is 43.7 Å². The van der Waals surface area contributed by atoms with Crippen molar-refractivity contribution >= 4 is 21.6 Å². The maximum Gasteiger partial charge on any atom is 0.243 e. The third-order valence-electron chi connectivity index (χ3n) is 3.72. The van der Waals surface area contributed by atoms with Gasteiger partial charge in [0.15, 0.2) is 0 Å². The number of carbonyl (C=O) groups is 1. The number of nitrogens with one attached hydrogen (secondary N) is 1. The Bertz CT molecular complexity index is 851. The molecule has 0 saturated heterocycles. The summed E-state index contributed by atoms with van der Waals surface area (Å²) in [6, 6.07) is 11.7. The first-order chi connectivity index (χ1) is 11.7. The molecular weight excluding hydrogens is 343 g/mol. The number of hydrogen-bond donors (Lipinski definition) is 1. The topological polar surface area (TPSA) is 66.5 Å². The van der Waals surface area contributed by atoms with Gasteiger partial charge in [0.25, 0.3) is 0 Å². The molecule has 0 unspecified atom stereocenters. The van der Waals surface area contributed by atoms with E-state index in [1.165, 1.54) is 19.1 Å². The smallest absolute Gasteiger partial charge is 0.243 e. The van der Waals surface area contributed by atoms with Crippen molar-refractivity contribution in [3.63, 3.8) is 0 Å². The number of rotatable bonds is 6. The van der Waals surface area contributed by atoms with Gasteiger partial charge in [-0.1, -0.05) is 29.8 Å². The zero-order chi connectivity index (χ0) is 18.6. The van der Waals surface area contributed by atoms with Crippen LogP contribution in [0.15, 0.2) is 48.5 Å². The molecule has 1 N–H and O–H groups in total. The fourth-order valence-electron chi connectivity index (χ4n) is 2.56. The summed E-state index contributed by atoms with van der Waals surface area (Å²) in [5, 5.41) is 2.74. The number of sulfonamides is 1. The quantitative estimate of drug-likeness (QED) is 0.857. The monoisotopic (exact) mass is 364 g/mol. The molecule has 134 valence electrons. The zero-order valence-electron chi connectivity index (χ0n) is 14.4. The van der Waals surface area contributed by atoms with Crippen molar-refractivity contribution in [1.82, 2.24) is 5.32 Å². The summed E-state index contributed by atoms with van der Waals surface area (Å²) in [5.74, 6) is -0.912. The summed E-state index contributed by atoms with van der Waals surface area (Å²) in [7, 11) is -3.71. The lowest BCUT2D eigenvalue weighted by Crippen LogP contribution is -2.47. The molecule has 5 nitrogen and oxygen atoms in total. The van der Waals surface area contributed by atoms with Crippen LogP contribution < -0.4 is 9.62 Å². The number of anilines is 1. The molecule has 0 aromatic heterocycles. The average molecular weight is 364 g/mol. The van der Waals surface area contributed by atoms with Crippen LogP contribution in [0.25, 0.3) is 0 Å². The van der Waals surface area contributed by atoms with Gasteiger partial charge in [-0.2, -0.15) is 0 Å². The van der Waals surface area contributed by atoms with Crippen molar-refractivity contribution in [2.75, 3.05) is 10.6 Å².